The zero-order valence-corrected chi connectivity index (χ0v) is 18.3. The molecule has 152 valence electrons. The van der Waals surface area contributed by atoms with Gasteiger partial charge in [-0.05, 0) is 36.2 Å². The Kier molecular flexibility index (Phi) is 6.93. The normalized spacial score (nSPS) is 14.9. The molecule has 8 heteroatoms. The Morgan fingerprint density at radius 2 is 1.76 bits per heavy atom. The van der Waals surface area contributed by atoms with Crippen molar-refractivity contribution in [1.82, 2.24) is 4.90 Å². The molecule has 0 aliphatic carbocycles. The summed E-state index contributed by atoms with van der Waals surface area (Å²) in [4.78, 5) is 16.4. The minimum atomic E-state index is -3.55. The Bertz CT molecular complexity index is 1020. The summed E-state index contributed by atoms with van der Waals surface area (Å²) < 4.78 is 25.9. The summed E-state index contributed by atoms with van der Waals surface area (Å²) >= 11 is 3.32. The van der Waals surface area contributed by atoms with Crippen LogP contribution in [0.2, 0.25) is 0 Å². The fourth-order valence-corrected chi connectivity index (χ4v) is 5.04. The number of para-hydroxylation sites is 1. The summed E-state index contributed by atoms with van der Waals surface area (Å²) in [5, 5.41) is 9.31. The first-order valence-electron chi connectivity index (χ1n) is 9.35. The van der Waals surface area contributed by atoms with Crippen LogP contribution in [0.15, 0.2) is 53.0 Å². The van der Waals surface area contributed by atoms with Crippen LogP contribution in [0.4, 0.5) is 5.69 Å². The van der Waals surface area contributed by atoms with Crippen molar-refractivity contribution in [3.8, 4) is 6.07 Å². The molecule has 1 saturated heterocycles. The molecule has 1 aliphatic rings. The number of hydrogen-bond donors (Lipinski definition) is 0. The van der Waals surface area contributed by atoms with Gasteiger partial charge in [-0.15, -0.1) is 0 Å². The molecule has 1 amide bonds. The van der Waals surface area contributed by atoms with Gasteiger partial charge in [0.25, 0.3) is 0 Å². The van der Waals surface area contributed by atoms with Crippen molar-refractivity contribution in [1.29, 1.82) is 5.26 Å². The zero-order chi connectivity index (χ0) is 20.9. The van der Waals surface area contributed by atoms with Crippen LogP contribution in [0, 0.1) is 11.3 Å². The average molecular weight is 476 g/mol. The molecule has 0 aromatic heterocycles. The van der Waals surface area contributed by atoms with Gasteiger partial charge in [-0.2, -0.15) is 5.26 Å². The van der Waals surface area contributed by atoms with E-state index in [-0.39, 0.29) is 11.7 Å². The van der Waals surface area contributed by atoms with Crippen molar-refractivity contribution in [3.05, 3.63) is 64.1 Å². The van der Waals surface area contributed by atoms with Crippen LogP contribution in [0.25, 0.3) is 0 Å². The lowest BCUT2D eigenvalue weighted by Crippen LogP contribution is -2.39. The van der Waals surface area contributed by atoms with Crippen molar-refractivity contribution in [2.24, 2.45) is 0 Å². The number of carbonyl (C=O) groups excluding carboxylic acids is 1. The molecular formula is C21H22BrN3O3S. The van der Waals surface area contributed by atoms with Gasteiger partial charge in [0, 0.05) is 30.7 Å². The van der Waals surface area contributed by atoms with E-state index in [0.717, 1.165) is 16.6 Å². The van der Waals surface area contributed by atoms with E-state index in [0.29, 0.717) is 37.3 Å². The van der Waals surface area contributed by atoms with Gasteiger partial charge in [0.2, 0.25) is 5.91 Å². The monoisotopic (exact) mass is 475 g/mol. The van der Waals surface area contributed by atoms with Crippen LogP contribution < -0.4 is 4.90 Å². The second-order valence-electron chi connectivity index (χ2n) is 7.01. The first-order chi connectivity index (χ1) is 13.9. The molecule has 3 rings (SSSR count). The third-order valence-electron chi connectivity index (χ3n) is 4.86. The summed E-state index contributed by atoms with van der Waals surface area (Å²) in [6.45, 7) is 2.23. The van der Waals surface area contributed by atoms with Crippen LogP contribution in [0.1, 0.15) is 17.5 Å². The lowest BCUT2D eigenvalue weighted by atomic mass is 10.1. The number of nitriles is 1. The van der Waals surface area contributed by atoms with Gasteiger partial charge in [-0.1, -0.05) is 40.2 Å². The topological polar surface area (TPSA) is 81.5 Å². The Balaban J connectivity index is 1.61. The molecule has 2 aromatic rings. The second-order valence-corrected chi connectivity index (χ2v) is 9.99. The number of rotatable bonds is 5. The van der Waals surface area contributed by atoms with E-state index >= 15 is 0 Å². The Morgan fingerprint density at radius 3 is 2.48 bits per heavy atom. The molecule has 0 spiro atoms. The molecule has 2 aromatic carbocycles. The largest absolute Gasteiger partial charge is 0.369 e. The smallest absolute Gasteiger partial charge is 0.237 e. The van der Waals surface area contributed by atoms with Gasteiger partial charge >= 0.3 is 0 Å². The summed E-state index contributed by atoms with van der Waals surface area (Å²) in [6, 6.07) is 16.6. The maximum absolute atomic E-state index is 12.6. The van der Waals surface area contributed by atoms with Gasteiger partial charge in [0.15, 0.2) is 9.84 Å². The van der Waals surface area contributed by atoms with E-state index < -0.39 is 15.6 Å². The van der Waals surface area contributed by atoms with Gasteiger partial charge in [-0.25, -0.2) is 8.42 Å². The highest BCUT2D eigenvalue weighted by Crippen LogP contribution is 2.21. The fraction of sp³-hybridized carbons (Fsp3) is 0.333. The maximum Gasteiger partial charge on any atom is 0.237 e. The molecule has 0 saturated carbocycles. The highest BCUT2D eigenvalue weighted by molar-refractivity contribution is 9.10. The van der Waals surface area contributed by atoms with Crippen LogP contribution in [0.3, 0.4) is 0 Å². The van der Waals surface area contributed by atoms with Crippen molar-refractivity contribution in [2.45, 2.75) is 12.2 Å². The predicted octanol–water partition coefficient (Wildman–Crippen LogP) is 2.97. The standard InChI is InChI=1S/C21H22BrN3O3S/c22-19-8-6-17(7-9-19)15-29(27,28)16-21(26)25-11-3-10-24(12-13-25)20-5-2-1-4-18(20)14-23/h1-2,4-9H,3,10-13,15-16H2. The lowest BCUT2D eigenvalue weighted by Gasteiger charge is -2.24. The third-order valence-corrected chi connectivity index (χ3v) is 6.85. The number of nitrogens with zero attached hydrogens (tertiary/aromatic N) is 3. The molecule has 1 heterocycles. The molecular weight excluding hydrogens is 454 g/mol. The molecule has 0 atom stereocenters. The van der Waals surface area contributed by atoms with Gasteiger partial charge < -0.3 is 9.80 Å². The highest BCUT2D eigenvalue weighted by atomic mass is 79.9. The first-order valence-corrected chi connectivity index (χ1v) is 12.0. The second kappa shape index (κ2) is 9.42. The summed E-state index contributed by atoms with van der Waals surface area (Å²) in [7, 11) is -3.55. The number of amides is 1. The van der Waals surface area contributed by atoms with Gasteiger partial charge in [0.1, 0.15) is 11.8 Å². The Morgan fingerprint density at radius 1 is 1.03 bits per heavy atom. The minimum absolute atomic E-state index is 0.151. The van der Waals surface area contributed by atoms with Gasteiger partial charge in [-0.3, -0.25) is 4.79 Å². The summed E-state index contributed by atoms with van der Waals surface area (Å²) in [6.07, 6.45) is 0.720. The maximum atomic E-state index is 12.6. The molecule has 0 N–H and O–H groups in total. The highest BCUT2D eigenvalue weighted by Gasteiger charge is 2.25. The van der Waals surface area contributed by atoms with Gasteiger partial charge in [0.05, 0.1) is 17.0 Å². The van der Waals surface area contributed by atoms with E-state index in [9.17, 15) is 18.5 Å². The Hall–Kier alpha value is -2.37. The molecule has 0 radical (unpaired) electrons. The van der Waals surface area contributed by atoms with E-state index in [1.165, 1.54) is 0 Å². The van der Waals surface area contributed by atoms with Crippen LogP contribution >= 0.6 is 15.9 Å². The number of sulfone groups is 1. The summed E-state index contributed by atoms with van der Waals surface area (Å²) in [5.74, 6) is -1.00. The van der Waals surface area contributed by atoms with Crippen molar-refractivity contribution in [3.63, 3.8) is 0 Å². The molecule has 0 bridgehead atoms. The first kappa shape index (κ1) is 21.3. The van der Waals surface area contributed by atoms with Crippen LogP contribution in [-0.2, 0) is 20.4 Å². The van der Waals surface area contributed by atoms with Crippen molar-refractivity contribution in [2.75, 3.05) is 36.8 Å². The number of halogens is 1. The van der Waals surface area contributed by atoms with E-state index in [4.69, 9.17) is 0 Å². The summed E-state index contributed by atoms with van der Waals surface area (Å²) in [5.41, 5.74) is 2.12. The SMILES string of the molecule is N#Cc1ccccc1N1CCCN(C(=O)CS(=O)(=O)Cc2ccc(Br)cc2)CC1. The lowest BCUT2D eigenvalue weighted by molar-refractivity contribution is -0.128. The third kappa shape index (κ3) is 5.81. The molecule has 6 nitrogen and oxygen atoms in total. The van der Waals surface area contributed by atoms with Crippen molar-refractivity contribution >= 4 is 37.4 Å². The van der Waals surface area contributed by atoms with E-state index in [1.807, 2.05) is 18.2 Å². The fourth-order valence-electron chi connectivity index (χ4n) is 3.42. The number of hydrogen-bond acceptors (Lipinski definition) is 5. The number of anilines is 1. The molecule has 0 unspecified atom stereocenters. The Labute approximate surface area is 179 Å². The quantitative estimate of drug-likeness (QED) is 0.663. The van der Waals surface area contributed by atoms with Crippen LogP contribution in [-0.4, -0.2) is 51.2 Å². The van der Waals surface area contributed by atoms with E-state index in [1.54, 1.807) is 35.2 Å². The number of carbonyl (C=O) groups is 1. The van der Waals surface area contributed by atoms with Crippen LogP contribution in [0.5, 0.6) is 0 Å². The van der Waals surface area contributed by atoms with Crippen molar-refractivity contribution < 1.29 is 13.2 Å². The molecule has 1 fully saturated rings. The van der Waals surface area contributed by atoms with E-state index in [2.05, 4.69) is 26.9 Å². The molecule has 29 heavy (non-hydrogen) atoms. The zero-order valence-electron chi connectivity index (χ0n) is 15.9. The average Bonchev–Trinajstić information content (AvgIpc) is 2.95. The number of benzene rings is 2. The molecule has 1 aliphatic heterocycles. The minimum Gasteiger partial charge on any atom is -0.369 e. The predicted molar refractivity (Wildman–Crippen MR) is 116 cm³/mol.